The van der Waals surface area contributed by atoms with Gasteiger partial charge in [0.1, 0.15) is 0 Å². The summed E-state index contributed by atoms with van der Waals surface area (Å²) in [7, 11) is 1.38. The first-order valence-corrected chi connectivity index (χ1v) is 10.1. The molecule has 3 rings (SSSR count). The molecule has 0 spiro atoms. The molecular weight excluding hydrogens is 416 g/mol. The monoisotopic (exact) mass is 444 g/mol. The van der Waals surface area contributed by atoms with Crippen molar-refractivity contribution in [3.63, 3.8) is 0 Å². The predicted molar refractivity (Wildman–Crippen MR) is 123 cm³/mol. The van der Waals surface area contributed by atoms with Crippen LogP contribution in [0.1, 0.15) is 53.5 Å². The minimum Gasteiger partial charge on any atom is -0.465 e. The fourth-order valence-electron chi connectivity index (χ4n) is 3.25. The summed E-state index contributed by atoms with van der Waals surface area (Å²) >= 11 is 0. The number of nitrogens with one attached hydrogen (secondary N) is 1. The van der Waals surface area contributed by atoms with Gasteiger partial charge in [0, 0.05) is 11.9 Å². The van der Waals surface area contributed by atoms with Gasteiger partial charge < -0.3 is 15.5 Å². The number of allylic oxidation sites excluding steroid dienone is 1. The van der Waals surface area contributed by atoms with Crippen molar-refractivity contribution in [1.29, 1.82) is 0 Å². The van der Waals surface area contributed by atoms with Gasteiger partial charge in [0.05, 0.1) is 31.1 Å². The van der Waals surface area contributed by atoms with Crippen LogP contribution in [0, 0.1) is 0 Å². The molecule has 3 aromatic rings. The zero-order valence-corrected chi connectivity index (χ0v) is 18.7. The van der Waals surface area contributed by atoms with E-state index in [0.717, 1.165) is 54.6 Å². The van der Waals surface area contributed by atoms with Crippen LogP contribution in [0.15, 0.2) is 42.2 Å². The second kappa shape index (κ2) is 11.9. The maximum Gasteiger partial charge on any atom is 0.337 e. The Balaban J connectivity index is 0.00000341. The van der Waals surface area contributed by atoms with Gasteiger partial charge in [-0.25, -0.2) is 14.5 Å². The van der Waals surface area contributed by atoms with Crippen LogP contribution in [-0.2, 0) is 24.1 Å². The number of nitrogens with zero attached hydrogens (tertiary/aromatic N) is 4. The molecule has 0 saturated carbocycles. The molecule has 0 aliphatic heterocycles. The number of rotatable bonds is 10. The lowest BCUT2D eigenvalue weighted by Gasteiger charge is -2.03. The van der Waals surface area contributed by atoms with Gasteiger partial charge in [-0.2, -0.15) is 0 Å². The Bertz CT molecular complexity index is 994. The number of benzene rings is 1. The Morgan fingerprint density at radius 2 is 1.94 bits per heavy atom. The summed E-state index contributed by atoms with van der Waals surface area (Å²) in [6.45, 7) is 2.73. The van der Waals surface area contributed by atoms with E-state index in [1.165, 1.54) is 7.11 Å². The molecule has 3 N–H and O–H groups in total. The number of carbonyl (C=O) groups is 1. The first-order valence-electron chi connectivity index (χ1n) is 10.1. The molecule has 0 bridgehead atoms. The molecule has 2 aromatic heterocycles. The van der Waals surface area contributed by atoms with Crippen LogP contribution in [0.4, 0.5) is 5.95 Å². The van der Waals surface area contributed by atoms with Crippen molar-refractivity contribution in [2.24, 2.45) is 0 Å². The summed E-state index contributed by atoms with van der Waals surface area (Å²) in [4.78, 5) is 18.6. The molecule has 0 radical (unpaired) electrons. The predicted octanol–water partition coefficient (Wildman–Crippen LogP) is 3.85. The summed E-state index contributed by atoms with van der Waals surface area (Å²) < 4.78 is 6.58. The standard InChI is InChI=1S/C22H28N6O2.ClH/c1-16(12-17-8-10-18(11-9-17)21(29)30-2)14-28-15-20(26-27-28)7-5-3-4-6-19-13-24-22(23)25-19;/h8-13,15H,3-7,14H2,1-2H3,(H3,23,24,25);1H/b16-12+;. The molecule has 0 unspecified atom stereocenters. The average Bonchev–Trinajstić information content (AvgIpc) is 3.36. The van der Waals surface area contributed by atoms with Crippen molar-refractivity contribution >= 4 is 30.4 Å². The molecule has 0 fully saturated rings. The number of anilines is 1. The number of nitrogen functional groups attached to an aromatic ring is 1. The number of carbonyl (C=O) groups excluding carboxylic acids is 1. The molecule has 9 heteroatoms. The summed E-state index contributed by atoms with van der Waals surface area (Å²) in [6.07, 6.45) is 11.0. The number of aromatic nitrogens is 5. The van der Waals surface area contributed by atoms with E-state index in [9.17, 15) is 4.79 Å². The Kier molecular flexibility index (Phi) is 9.27. The molecule has 166 valence electrons. The highest BCUT2D eigenvalue weighted by Crippen LogP contribution is 2.12. The van der Waals surface area contributed by atoms with Gasteiger partial charge in [-0.05, 0) is 50.3 Å². The van der Waals surface area contributed by atoms with E-state index in [0.29, 0.717) is 18.1 Å². The van der Waals surface area contributed by atoms with Crippen LogP contribution in [-0.4, -0.2) is 38.0 Å². The van der Waals surface area contributed by atoms with E-state index in [1.54, 1.807) is 18.3 Å². The highest BCUT2D eigenvalue weighted by Gasteiger charge is 2.05. The quantitative estimate of drug-likeness (QED) is 0.363. The van der Waals surface area contributed by atoms with E-state index in [2.05, 4.69) is 33.3 Å². The molecule has 0 amide bonds. The van der Waals surface area contributed by atoms with Crippen LogP contribution in [0.25, 0.3) is 6.08 Å². The van der Waals surface area contributed by atoms with Crippen LogP contribution in [0.3, 0.4) is 0 Å². The molecule has 0 atom stereocenters. The van der Waals surface area contributed by atoms with Crippen molar-refractivity contribution in [2.75, 3.05) is 12.8 Å². The van der Waals surface area contributed by atoms with Gasteiger partial charge in [-0.1, -0.05) is 35.4 Å². The minimum absolute atomic E-state index is 0. The first kappa shape index (κ1) is 24.1. The lowest BCUT2D eigenvalue weighted by atomic mass is 10.1. The van der Waals surface area contributed by atoms with E-state index < -0.39 is 0 Å². The van der Waals surface area contributed by atoms with E-state index in [4.69, 9.17) is 10.5 Å². The Morgan fingerprint density at radius 1 is 1.19 bits per heavy atom. The molecule has 2 heterocycles. The summed E-state index contributed by atoms with van der Waals surface area (Å²) in [5.74, 6) is 0.146. The van der Waals surface area contributed by atoms with Crippen molar-refractivity contribution < 1.29 is 9.53 Å². The smallest absolute Gasteiger partial charge is 0.337 e. The Labute approximate surface area is 188 Å². The highest BCUT2D eigenvalue weighted by molar-refractivity contribution is 5.89. The van der Waals surface area contributed by atoms with Gasteiger partial charge in [-0.3, -0.25) is 0 Å². The number of nitrogens with two attached hydrogens (primary N) is 1. The third-order valence-corrected chi connectivity index (χ3v) is 4.77. The van der Waals surface area contributed by atoms with E-state index in [1.807, 2.05) is 23.0 Å². The van der Waals surface area contributed by atoms with Gasteiger partial charge in [0.25, 0.3) is 0 Å². The number of unbranched alkanes of at least 4 members (excludes halogenated alkanes) is 2. The number of imidazole rings is 1. The second-order valence-electron chi connectivity index (χ2n) is 7.37. The molecular formula is C22H29ClN6O2. The van der Waals surface area contributed by atoms with Crippen LogP contribution >= 0.6 is 12.4 Å². The number of H-pyrrole nitrogens is 1. The lowest BCUT2D eigenvalue weighted by Crippen LogP contribution is -2.01. The average molecular weight is 445 g/mol. The molecule has 8 nitrogen and oxygen atoms in total. The van der Waals surface area contributed by atoms with E-state index >= 15 is 0 Å². The van der Waals surface area contributed by atoms with Crippen molar-refractivity contribution in [3.8, 4) is 0 Å². The number of hydrogen-bond acceptors (Lipinski definition) is 6. The first-order chi connectivity index (χ1) is 14.5. The zero-order valence-electron chi connectivity index (χ0n) is 17.9. The number of methoxy groups -OCH3 is 1. The number of esters is 1. The van der Waals surface area contributed by atoms with Crippen molar-refractivity contribution in [1.82, 2.24) is 25.0 Å². The fourth-order valence-corrected chi connectivity index (χ4v) is 3.25. The van der Waals surface area contributed by atoms with Gasteiger partial charge in [-0.15, -0.1) is 17.5 Å². The number of hydrogen-bond donors (Lipinski definition) is 2. The SMILES string of the molecule is COC(=O)c1ccc(/C=C(\C)Cn2cc(CCCCCc3cnc(N)[nH]3)nn2)cc1.Cl. The highest BCUT2D eigenvalue weighted by atomic mass is 35.5. The molecule has 0 aliphatic rings. The number of aromatic amines is 1. The maximum atomic E-state index is 11.5. The summed E-state index contributed by atoms with van der Waals surface area (Å²) in [6, 6.07) is 7.33. The summed E-state index contributed by atoms with van der Waals surface area (Å²) in [5.41, 5.74) is 10.4. The molecule has 31 heavy (non-hydrogen) atoms. The molecule has 0 aliphatic carbocycles. The Morgan fingerprint density at radius 3 is 2.61 bits per heavy atom. The maximum absolute atomic E-state index is 11.5. The normalized spacial score (nSPS) is 11.2. The number of ether oxygens (including phenoxy) is 1. The Hall–Kier alpha value is -3.13. The van der Waals surface area contributed by atoms with Gasteiger partial charge >= 0.3 is 5.97 Å². The molecule has 1 aromatic carbocycles. The van der Waals surface area contributed by atoms with E-state index in [-0.39, 0.29) is 18.4 Å². The van der Waals surface area contributed by atoms with Crippen LogP contribution in [0.2, 0.25) is 0 Å². The topological polar surface area (TPSA) is 112 Å². The largest absolute Gasteiger partial charge is 0.465 e. The van der Waals surface area contributed by atoms with Crippen LogP contribution in [0.5, 0.6) is 0 Å². The fraction of sp³-hybridized carbons (Fsp3) is 0.364. The summed E-state index contributed by atoms with van der Waals surface area (Å²) in [5, 5.41) is 8.51. The lowest BCUT2D eigenvalue weighted by molar-refractivity contribution is 0.0600. The minimum atomic E-state index is -0.330. The second-order valence-corrected chi connectivity index (χ2v) is 7.37. The van der Waals surface area contributed by atoms with Gasteiger partial charge in [0.15, 0.2) is 5.95 Å². The number of halogens is 1. The van der Waals surface area contributed by atoms with Gasteiger partial charge in [0.2, 0.25) is 0 Å². The number of aryl methyl sites for hydroxylation is 2. The third kappa shape index (κ3) is 7.57. The van der Waals surface area contributed by atoms with Crippen molar-refractivity contribution in [2.45, 2.75) is 45.6 Å². The van der Waals surface area contributed by atoms with Crippen molar-refractivity contribution in [3.05, 3.63) is 64.7 Å². The van der Waals surface area contributed by atoms with Crippen LogP contribution < -0.4 is 5.73 Å². The molecule has 0 saturated heterocycles. The third-order valence-electron chi connectivity index (χ3n) is 4.77. The zero-order chi connectivity index (χ0) is 21.3.